The SMILES string of the molecule is CCOC(=O)c1sc2ncn(CCn3nc4ccccn4c3=O)c(=O)c2c1C. The van der Waals surface area contributed by atoms with E-state index in [1.807, 2.05) is 0 Å². The zero-order chi connectivity index (χ0) is 19.8. The zero-order valence-corrected chi connectivity index (χ0v) is 16.1. The van der Waals surface area contributed by atoms with E-state index >= 15 is 0 Å². The Balaban J connectivity index is 1.67. The molecule has 0 aliphatic heterocycles. The maximum absolute atomic E-state index is 12.9. The van der Waals surface area contributed by atoms with Crippen LogP contribution in [0.2, 0.25) is 0 Å². The summed E-state index contributed by atoms with van der Waals surface area (Å²) < 4.78 is 9.23. The van der Waals surface area contributed by atoms with E-state index in [1.54, 1.807) is 38.2 Å². The normalized spacial score (nSPS) is 11.4. The fourth-order valence-corrected chi connectivity index (χ4v) is 4.06. The fourth-order valence-electron chi connectivity index (χ4n) is 3.03. The smallest absolute Gasteiger partial charge is 0.350 e. The van der Waals surface area contributed by atoms with Crippen molar-refractivity contribution in [2.24, 2.45) is 0 Å². The van der Waals surface area contributed by atoms with E-state index in [1.165, 1.54) is 20.0 Å². The molecule has 0 fully saturated rings. The van der Waals surface area contributed by atoms with E-state index in [0.29, 0.717) is 26.3 Å². The van der Waals surface area contributed by atoms with Crippen LogP contribution < -0.4 is 11.2 Å². The Kier molecular flexibility index (Phi) is 4.55. The van der Waals surface area contributed by atoms with E-state index in [9.17, 15) is 14.4 Å². The first-order chi connectivity index (χ1) is 13.5. The fraction of sp³-hybridized carbons (Fsp3) is 0.278. The molecule has 28 heavy (non-hydrogen) atoms. The first kappa shape index (κ1) is 18.1. The summed E-state index contributed by atoms with van der Waals surface area (Å²) in [6, 6.07) is 5.29. The molecule has 4 aromatic rings. The largest absolute Gasteiger partial charge is 0.462 e. The lowest BCUT2D eigenvalue weighted by Gasteiger charge is -2.05. The second-order valence-electron chi connectivity index (χ2n) is 6.13. The molecule has 10 heteroatoms. The number of fused-ring (bicyclic) bond motifs is 2. The van der Waals surface area contributed by atoms with E-state index < -0.39 is 5.97 Å². The lowest BCUT2D eigenvalue weighted by Crippen LogP contribution is -2.27. The molecule has 144 valence electrons. The van der Waals surface area contributed by atoms with Crippen LogP contribution in [0.5, 0.6) is 0 Å². The molecular weight excluding hydrogens is 382 g/mol. The van der Waals surface area contributed by atoms with Crippen LogP contribution in [0.1, 0.15) is 22.2 Å². The van der Waals surface area contributed by atoms with Crippen molar-refractivity contribution in [2.75, 3.05) is 6.61 Å². The third-order valence-corrected chi connectivity index (χ3v) is 5.60. The summed E-state index contributed by atoms with van der Waals surface area (Å²) in [5.74, 6) is -0.454. The quantitative estimate of drug-likeness (QED) is 0.471. The Bertz CT molecular complexity index is 1310. The van der Waals surface area contributed by atoms with Crippen LogP contribution in [-0.4, -0.2) is 36.3 Å². The third kappa shape index (κ3) is 2.91. The van der Waals surface area contributed by atoms with Gasteiger partial charge in [-0.05, 0) is 31.5 Å². The highest BCUT2D eigenvalue weighted by Crippen LogP contribution is 2.27. The summed E-state index contributed by atoms with van der Waals surface area (Å²) >= 11 is 1.14. The van der Waals surface area contributed by atoms with E-state index in [2.05, 4.69) is 10.1 Å². The number of aromatic nitrogens is 5. The zero-order valence-electron chi connectivity index (χ0n) is 15.3. The predicted molar refractivity (Wildman–Crippen MR) is 104 cm³/mol. The molecule has 0 aliphatic rings. The van der Waals surface area contributed by atoms with Crippen molar-refractivity contribution in [1.82, 2.24) is 23.7 Å². The summed E-state index contributed by atoms with van der Waals surface area (Å²) in [5, 5.41) is 4.66. The molecule has 0 N–H and O–H groups in total. The van der Waals surface area contributed by atoms with Gasteiger partial charge in [-0.2, -0.15) is 0 Å². The lowest BCUT2D eigenvalue weighted by molar-refractivity contribution is 0.0531. The molecule has 0 aromatic carbocycles. The highest BCUT2D eigenvalue weighted by Gasteiger charge is 2.20. The number of ether oxygens (including phenoxy) is 1. The standard InChI is InChI=1S/C18H17N5O4S/c1-3-27-17(25)14-11(2)13-15(28-14)19-10-21(16(13)24)8-9-23-18(26)22-7-5-4-6-12(22)20-23/h4-7,10H,3,8-9H2,1-2H3. The van der Waals surface area contributed by atoms with Gasteiger partial charge in [-0.25, -0.2) is 19.3 Å². The number of nitrogens with zero attached hydrogens (tertiary/aromatic N) is 5. The van der Waals surface area contributed by atoms with Crippen LogP contribution in [0.3, 0.4) is 0 Å². The number of esters is 1. The van der Waals surface area contributed by atoms with Gasteiger partial charge >= 0.3 is 11.7 Å². The minimum absolute atomic E-state index is 0.224. The Morgan fingerprint density at radius 1 is 1.25 bits per heavy atom. The average molecular weight is 399 g/mol. The number of aryl methyl sites for hydroxylation is 3. The summed E-state index contributed by atoms with van der Waals surface area (Å²) in [7, 11) is 0. The van der Waals surface area contributed by atoms with Crippen LogP contribution >= 0.6 is 11.3 Å². The average Bonchev–Trinajstić information content (AvgIpc) is 3.19. The van der Waals surface area contributed by atoms with Gasteiger partial charge in [-0.3, -0.25) is 13.8 Å². The molecule has 4 rings (SSSR count). The van der Waals surface area contributed by atoms with Gasteiger partial charge in [0.25, 0.3) is 5.56 Å². The Morgan fingerprint density at radius 2 is 2.07 bits per heavy atom. The van der Waals surface area contributed by atoms with Gasteiger partial charge in [0.15, 0.2) is 5.65 Å². The first-order valence-corrected chi connectivity index (χ1v) is 9.52. The second kappa shape index (κ2) is 7.04. The first-order valence-electron chi connectivity index (χ1n) is 8.71. The van der Waals surface area contributed by atoms with Crippen LogP contribution in [-0.2, 0) is 17.8 Å². The van der Waals surface area contributed by atoms with Crippen LogP contribution in [0.15, 0.2) is 40.3 Å². The number of rotatable bonds is 5. The maximum atomic E-state index is 12.9. The van der Waals surface area contributed by atoms with Crippen molar-refractivity contribution >= 4 is 33.2 Å². The van der Waals surface area contributed by atoms with Crippen molar-refractivity contribution in [3.05, 3.63) is 62.0 Å². The summed E-state index contributed by atoms with van der Waals surface area (Å²) in [5.41, 5.74) is 0.580. The molecule has 4 heterocycles. The van der Waals surface area contributed by atoms with Crippen LogP contribution in [0.25, 0.3) is 15.9 Å². The molecule has 0 bridgehead atoms. The van der Waals surface area contributed by atoms with Gasteiger partial charge < -0.3 is 4.74 Å². The summed E-state index contributed by atoms with van der Waals surface area (Å²) in [4.78, 5) is 42.5. The summed E-state index contributed by atoms with van der Waals surface area (Å²) in [6.07, 6.45) is 3.07. The van der Waals surface area contributed by atoms with Gasteiger partial charge in [-0.1, -0.05) is 6.07 Å². The summed E-state index contributed by atoms with van der Waals surface area (Å²) in [6.45, 7) is 4.16. The van der Waals surface area contributed by atoms with Gasteiger partial charge in [-0.15, -0.1) is 16.4 Å². The topological polar surface area (TPSA) is 100 Å². The third-order valence-electron chi connectivity index (χ3n) is 4.42. The molecule has 0 unspecified atom stereocenters. The molecule has 0 aliphatic carbocycles. The van der Waals surface area contributed by atoms with Crippen molar-refractivity contribution in [3.8, 4) is 0 Å². The highest BCUT2D eigenvalue weighted by atomic mass is 32.1. The van der Waals surface area contributed by atoms with E-state index in [4.69, 9.17) is 4.74 Å². The molecule has 0 radical (unpaired) electrons. The molecule has 0 spiro atoms. The van der Waals surface area contributed by atoms with E-state index in [0.717, 1.165) is 11.3 Å². The Morgan fingerprint density at radius 3 is 2.82 bits per heavy atom. The van der Waals surface area contributed by atoms with Gasteiger partial charge in [0.05, 0.1) is 24.9 Å². The molecular formula is C18H17N5O4S. The van der Waals surface area contributed by atoms with Gasteiger partial charge in [0.1, 0.15) is 9.71 Å². The second-order valence-corrected chi connectivity index (χ2v) is 7.13. The number of pyridine rings is 1. The van der Waals surface area contributed by atoms with Crippen molar-refractivity contribution in [2.45, 2.75) is 26.9 Å². The Hall–Kier alpha value is -3.27. The lowest BCUT2D eigenvalue weighted by atomic mass is 10.2. The minimum atomic E-state index is -0.454. The molecule has 0 saturated heterocycles. The molecule has 0 atom stereocenters. The van der Waals surface area contributed by atoms with Crippen LogP contribution in [0, 0.1) is 6.92 Å². The highest BCUT2D eigenvalue weighted by molar-refractivity contribution is 7.20. The van der Waals surface area contributed by atoms with Crippen molar-refractivity contribution in [3.63, 3.8) is 0 Å². The number of hydrogen-bond donors (Lipinski definition) is 0. The molecule has 9 nitrogen and oxygen atoms in total. The van der Waals surface area contributed by atoms with Gasteiger partial charge in [0, 0.05) is 12.7 Å². The molecule has 0 amide bonds. The predicted octanol–water partition coefficient (Wildman–Crippen LogP) is 1.45. The van der Waals surface area contributed by atoms with E-state index in [-0.39, 0.29) is 30.9 Å². The minimum Gasteiger partial charge on any atom is -0.462 e. The van der Waals surface area contributed by atoms with Gasteiger partial charge in [0.2, 0.25) is 0 Å². The molecule has 4 aromatic heterocycles. The van der Waals surface area contributed by atoms with Crippen molar-refractivity contribution in [1.29, 1.82) is 0 Å². The van der Waals surface area contributed by atoms with Crippen LogP contribution in [0.4, 0.5) is 0 Å². The number of carbonyl (C=O) groups is 1. The van der Waals surface area contributed by atoms with Crippen molar-refractivity contribution < 1.29 is 9.53 Å². The number of carbonyl (C=O) groups excluding carboxylic acids is 1. The molecule has 0 saturated carbocycles. The number of thiophene rings is 1. The maximum Gasteiger partial charge on any atom is 0.350 e. The number of hydrogen-bond acceptors (Lipinski definition) is 7. The monoisotopic (exact) mass is 399 g/mol. The Labute approximate surface area is 162 Å².